The predicted octanol–water partition coefficient (Wildman–Crippen LogP) is 0.587. The van der Waals surface area contributed by atoms with Gasteiger partial charge in [-0.05, 0) is 5.70 Å². The van der Waals surface area contributed by atoms with E-state index >= 15 is 0 Å². The zero-order chi connectivity index (χ0) is 7.33. The Morgan fingerprint density at radius 2 is 1.40 bits per heavy atom. The van der Waals surface area contributed by atoms with Crippen LogP contribution in [-0.4, -0.2) is 30.1 Å². The SMILES string of the molecule is C=C[Si](OC)(OC)OC.[Ru]. The predicted molar refractivity (Wildman–Crippen MR) is 37.0 cm³/mol. The number of hydrogen-bond acceptors (Lipinski definition) is 3. The summed E-state index contributed by atoms with van der Waals surface area (Å²) in [5.41, 5.74) is 1.58. The maximum atomic E-state index is 4.96. The van der Waals surface area contributed by atoms with Gasteiger partial charge in [0.15, 0.2) is 0 Å². The van der Waals surface area contributed by atoms with Crippen molar-refractivity contribution in [3.05, 3.63) is 12.3 Å². The van der Waals surface area contributed by atoms with E-state index in [2.05, 4.69) is 6.58 Å². The molecule has 62 valence electrons. The molecule has 0 aliphatic rings. The molecule has 3 nitrogen and oxygen atoms in total. The second-order valence-corrected chi connectivity index (χ2v) is 4.26. The summed E-state index contributed by atoms with van der Waals surface area (Å²) in [7, 11) is 2.20. The minimum Gasteiger partial charge on any atom is -0.374 e. The molecule has 0 aliphatic heterocycles. The van der Waals surface area contributed by atoms with Gasteiger partial charge in [0.2, 0.25) is 0 Å². The van der Waals surface area contributed by atoms with Crippen molar-refractivity contribution >= 4 is 8.80 Å². The molecule has 5 heteroatoms. The summed E-state index contributed by atoms with van der Waals surface area (Å²) in [6.07, 6.45) is 0. The van der Waals surface area contributed by atoms with Crippen LogP contribution in [0.2, 0.25) is 0 Å². The Bertz CT molecular complexity index is 86.6. The van der Waals surface area contributed by atoms with Crippen molar-refractivity contribution in [2.75, 3.05) is 21.3 Å². The molecule has 0 radical (unpaired) electrons. The Balaban J connectivity index is 0. The second kappa shape index (κ2) is 6.19. The Hall–Kier alpha value is 0.460. The molecular weight excluding hydrogens is 237 g/mol. The van der Waals surface area contributed by atoms with E-state index in [0.717, 1.165) is 0 Å². The number of hydrogen-bond donors (Lipinski definition) is 0. The van der Waals surface area contributed by atoms with Crippen LogP contribution < -0.4 is 0 Å². The molecule has 0 amide bonds. The standard InChI is InChI=1S/C5H12O3Si.Ru/c1-5-9(6-2,7-3)8-4;/h5H,1H2,2-4H3;. The first-order valence-corrected chi connectivity index (χ1v) is 4.34. The fourth-order valence-corrected chi connectivity index (χ4v) is 1.50. The maximum absolute atomic E-state index is 4.96. The minimum atomic E-state index is -2.43. The largest absolute Gasteiger partial charge is 0.528 e. The normalized spacial score (nSPS) is 10.3. The summed E-state index contributed by atoms with van der Waals surface area (Å²) < 4.78 is 14.9. The fourth-order valence-electron chi connectivity index (χ4n) is 0.500. The second-order valence-electron chi connectivity index (χ2n) is 1.42. The van der Waals surface area contributed by atoms with Crippen LogP contribution >= 0.6 is 0 Å². The van der Waals surface area contributed by atoms with Gasteiger partial charge in [-0.2, -0.15) is 0 Å². The van der Waals surface area contributed by atoms with Crippen molar-refractivity contribution in [3.8, 4) is 0 Å². The van der Waals surface area contributed by atoms with Gasteiger partial charge in [-0.25, -0.2) is 0 Å². The van der Waals surface area contributed by atoms with Gasteiger partial charge in [0.05, 0.1) is 0 Å². The van der Waals surface area contributed by atoms with Gasteiger partial charge in [-0.3, -0.25) is 0 Å². The molecule has 0 rings (SSSR count). The van der Waals surface area contributed by atoms with Gasteiger partial charge < -0.3 is 13.3 Å². The zero-order valence-corrected chi connectivity index (χ0v) is 9.10. The van der Waals surface area contributed by atoms with Crippen LogP contribution in [0, 0.1) is 0 Å². The summed E-state index contributed by atoms with van der Waals surface area (Å²) in [6, 6.07) is 0. The van der Waals surface area contributed by atoms with Gasteiger partial charge in [0.1, 0.15) is 0 Å². The van der Waals surface area contributed by atoms with Gasteiger partial charge in [-0.1, -0.05) is 6.58 Å². The Morgan fingerprint density at radius 3 is 1.40 bits per heavy atom. The fraction of sp³-hybridized carbons (Fsp3) is 0.600. The third-order valence-electron chi connectivity index (χ3n) is 1.10. The molecule has 0 atom stereocenters. The van der Waals surface area contributed by atoms with E-state index in [1.54, 1.807) is 27.0 Å². The molecule has 0 N–H and O–H groups in total. The van der Waals surface area contributed by atoms with Crippen molar-refractivity contribution in [2.24, 2.45) is 0 Å². The molecule has 0 bridgehead atoms. The van der Waals surface area contributed by atoms with Crippen molar-refractivity contribution in [1.82, 2.24) is 0 Å². The Morgan fingerprint density at radius 1 is 1.10 bits per heavy atom. The van der Waals surface area contributed by atoms with E-state index in [0.29, 0.717) is 0 Å². The molecule has 0 aliphatic carbocycles. The van der Waals surface area contributed by atoms with Crippen LogP contribution in [-0.2, 0) is 32.8 Å². The van der Waals surface area contributed by atoms with Gasteiger partial charge in [0.25, 0.3) is 0 Å². The summed E-state index contributed by atoms with van der Waals surface area (Å²) in [5, 5.41) is 0. The third kappa shape index (κ3) is 3.03. The minimum absolute atomic E-state index is 0. The van der Waals surface area contributed by atoms with Crippen molar-refractivity contribution in [3.63, 3.8) is 0 Å². The van der Waals surface area contributed by atoms with Crippen LogP contribution in [0.25, 0.3) is 0 Å². The van der Waals surface area contributed by atoms with Crippen LogP contribution in [0.4, 0.5) is 0 Å². The van der Waals surface area contributed by atoms with E-state index in [1.165, 1.54) is 0 Å². The van der Waals surface area contributed by atoms with Gasteiger partial charge in [0, 0.05) is 40.8 Å². The monoisotopic (exact) mass is 250 g/mol. The maximum Gasteiger partial charge on any atom is 0.528 e. The quantitative estimate of drug-likeness (QED) is 0.682. The molecule has 0 fully saturated rings. The molecule has 10 heavy (non-hydrogen) atoms. The van der Waals surface area contributed by atoms with E-state index < -0.39 is 8.80 Å². The first-order chi connectivity index (χ1) is 4.24. The van der Waals surface area contributed by atoms with Crippen LogP contribution in [0.3, 0.4) is 0 Å². The Labute approximate surface area is 75.5 Å². The van der Waals surface area contributed by atoms with Crippen molar-refractivity contribution in [1.29, 1.82) is 0 Å². The zero-order valence-electron chi connectivity index (χ0n) is 6.36. The topological polar surface area (TPSA) is 27.7 Å². The molecule has 0 aromatic carbocycles. The summed E-state index contributed by atoms with van der Waals surface area (Å²) in [6.45, 7) is 3.53. The van der Waals surface area contributed by atoms with E-state index in [1.807, 2.05) is 0 Å². The molecule has 0 saturated carbocycles. The first-order valence-electron chi connectivity index (χ1n) is 2.53. The van der Waals surface area contributed by atoms with Gasteiger partial charge in [-0.15, -0.1) is 0 Å². The molecule has 0 heterocycles. The first kappa shape index (κ1) is 13.1. The van der Waals surface area contributed by atoms with E-state index in [9.17, 15) is 0 Å². The number of rotatable bonds is 4. The van der Waals surface area contributed by atoms with Crippen molar-refractivity contribution in [2.45, 2.75) is 0 Å². The molecule has 0 aromatic rings. The molecule has 0 unspecified atom stereocenters. The Kier molecular flexibility index (Phi) is 8.09. The van der Waals surface area contributed by atoms with Gasteiger partial charge >= 0.3 is 8.80 Å². The molecule has 0 aromatic heterocycles. The van der Waals surface area contributed by atoms with Crippen LogP contribution in [0.1, 0.15) is 0 Å². The summed E-state index contributed by atoms with van der Waals surface area (Å²) >= 11 is 0. The van der Waals surface area contributed by atoms with E-state index in [-0.39, 0.29) is 19.5 Å². The molecule has 0 spiro atoms. The summed E-state index contributed by atoms with van der Waals surface area (Å²) in [5.74, 6) is 0. The summed E-state index contributed by atoms with van der Waals surface area (Å²) in [4.78, 5) is 0. The average Bonchev–Trinajstić information content (AvgIpc) is 1.95. The average molecular weight is 249 g/mol. The molecule has 0 saturated heterocycles. The van der Waals surface area contributed by atoms with E-state index in [4.69, 9.17) is 13.3 Å². The van der Waals surface area contributed by atoms with Crippen LogP contribution in [0.15, 0.2) is 12.3 Å². The van der Waals surface area contributed by atoms with Crippen molar-refractivity contribution < 1.29 is 32.8 Å². The van der Waals surface area contributed by atoms with Crippen LogP contribution in [0.5, 0.6) is 0 Å². The third-order valence-corrected chi connectivity index (χ3v) is 3.31. The smallest absolute Gasteiger partial charge is 0.374 e. The molecular formula is C5H12O3RuSi.